The first-order valence-corrected chi connectivity index (χ1v) is 29.3. The molecule has 10 heteroatoms. The molecule has 250 valence electrons. The summed E-state index contributed by atoms with van der Waals surface area (Å²) in [5, 5.41) is 0. The van der Waals surface area contributed by atoms with Crippen LogP contribution in [0.1, 0.15) is 157 Å². The number of hydrogen-bond donors (Lipinski definition) is 0. The van der Waals surface area contributed by atoms with Crippen molar-refractivity contribution in [2.75, 3.05) is 19.8 Å². The van der Waals surface area contributed by atoms with Crippen molar-refractivity contribution in [3.05, 3.63) is 0 Å². The van der Waals surface area contributed by atoms with Crippen molar-refractivity contribution < 1.29 is 29.7 Å². The Morgan fingerprint density at radius 3 is 1.24 bits per heavy atom. The Morgan fingerprint density at radius 1 is 0.452 bits per heavy atom. The molecule has 0 bridgehead atoms. The molecular weight excluding hydrogens is 750 g/mol. The van der Waals surface area contributed by atoms with Gasteiger partial charge in [-0.2, -0.15) is 0 Å². The fourth-order valence-corrected chi connectivity index (χ4v) is 39.3. The molecule has 0 aliphatic heterocycles. The van der Waals surface area contributed by atoms with Crippen LogP contribution in [-0.2, 0) is 20.1 Å². The second-order valence-corrected chi connectivity index (χ2v) is 31.1. The molecule has 8 nitrogen and oxygen atoms in total. The Kier molecular flexibility index (Phi) is 28.6. The number of carbonyl (C=O) groups is 2. The third-order valence-corrected chi connectivity index (χ3v) is 36.5. The molecule has 0 radical (unpaired) electrons. The molecule has 0 aromatic carbocycles. The fourth-order valence-electron chi connectivity index (χ4n) is 5.15. The first-order chi connectivity index (χ1) is 20.4. The number of carbonyl (C=O) groups excluding carboxylic acids is 2. The molecule has 0 heterocycles. The van der Waals surface area contributed by atoms with Crippen LogP contribution in [0.2, 0.25) is 13.3 Å². The van der Waals surface area contributed by atoms with Crippen molar-refractivity contribution in [3.8, 4) is 0 Å². The van der Waals surface area contributed by atoms with E-state index >= 15 is 0 Å². The fraction of sp³-hybridized carbons (Fsp3) is 0.938. The predicted molar refractivity (Wildman–Crippen MR) is 175 cm³/mol. The van der Waals surface area contributed by atoms with Crippen molar-refractivity contribution in [1.82, 2.24) is 0 Å². The number of unbranched alkanes of at least 4 members (excludes halogenated alkanes) is 15. The van der Waals surface area contributed by atoms with Crippen LogP contribution in [0.3, 0.4) is 0 Å². The van der Waals surface area contributed by atoms with Gasteiger partial charge in [-0.1, -0.05) is 0 Å². The van der Waals surface area contributed by atoms with Gasteiger partial charge in [-0.05, 0) is 0 Å². The summed E-state index contributed by atoms with van der Waals surface area (Å²) in [6.45, 7) is 12.9. The molecule has 0 aromatic rings. The van der Waals surface area contributed by atoms with Gasteiger partial charge in [0.15, 0.2) is 0 Å². The molecule has 0 saturated heterocycles. The molecule has 0 aliphatic carbocycles. The molecule has 0 saturated carbocycles. The van der Waals surface area contributed by atoms with E-state index in [1.54, 1.807) is 13.8 Å². The number of ether oxygens (including phenoxy) is 2. The standard InChI is InChI=1S/3C8H17.2C3H6O3.C2H5O.O.2Sn/c3*1-3-5-7-8-6-4-2;2*1-2-6-3(4)5;1-2-3;;;/h3*1,3-8H2,2H3;2*2H2,1H3,(H,4,5);2H2,1H3;;;/q;;;;;-1;;+1;+2/p-2. The van der Waals surface area contributed by atoms with Gasteiger partial charge in [-0.25, -0.2) is 0 Å². The molecule has 0 aliphatic rings. The van der Waals surface area contributed by atoms with Gasteiger partial charge in [-0.15, -0.1) is 0 Å². The zero-order valence-corrected chi connectivity index (χ0v) is 33.9. The second kappa shape index (κ2) is 28.5. The third kappa shape index (κ3) is 21.7. The Labute approximate surface area is 269 Å². The summed E-state index contributed by atoms with van der Waals surface area (Å²) in [5.41, 5.74) is 0. The molecule has 0 fully saturated rings. The van der Waals surface area contributed by atoms with E-state index in [0.717, 1.165) is 66.7 Å². The van der Waals surface area contributed by atoms with Gasteiger partial charge in [0, 0.05) is 0 Å². The average molecular weight is 816 g/mol. The molecule has 0 rings (SSSR count). The van der Waals surface area contributed by atoms with E-state index in [-0.39, 0.29) is 13.2 Å². The zero-order chi connectivity index (χ0) is 31.4. The Balaban J connectivity index is 6.17. The SMILES string of the molecule is CCCCCCC[CH2][Sn]([CH2]CCCCCCC)([O]C(=O)OCC)[O][Sn]([CH2]CCCCCCC)([O]CC)[O]C(=O)OCC. The minimum atomic E-state index is -4.55. The quantitative estimate of drug-likeness (QED) is 0.0419. The van der Waals surface area contributed by atoms with Gasteiger partial charge in [0.1, 0.15) is 0 Å². The summed E-state index contributed by atoms with van der Waals surface area (Å²) in [5.74, 6) is 0. The first-order valence-electron chi connectivity index (χ1n) is 17.4. The summed E-state index contributed by atoms with van der Waals surface area (Å²) in [6, 6.07) is 0. The molecule has 42 heavy (non-hydrogen) atoms. The predicted octanol–water partition coefficient (Wildman–Crippen LogP) is 10.8. The van der Waals surface area contributed by atoms with Crippen LogP contribution in [0.5, 0.6) is 0 Å². The van der Waals surface area contributed by atoms with E-state index in [0.29, 0.717) is 11.0 Å². The summed E-state index contributed by atoms with van der Waals surface area (Å²) >= 11 is -8.77. The Bertz CT molecular complexity index is 636. The van der Waals surface area contributed by atoms with Gasteiger partial charge in [-0.3, -0.25) is 0 Å². The molecule has 0 spiro atoms. The summed E-state index contributed by atoms with van der Waals surface area (Å²) in [6.07, 6.45) is 18.8. The number of rotatable bonds is 29. The summed E-state index contributed by atoms with van der Waals surface area (Å²) < 4.78 is 38.5. The van der Waals surface area contributed by atoms with Gasteiger partial charge < -0.3 is 0 Å². The average Bonchev–Trinajstić information content (AvgIpc) is 2.95. The van der Waals surface area contributed by atoms with E-state index in [9.17, 15) is 9.59 Å². The minimum absolute atomic E-state index is 0.215. The van der Waals surface area contributed by atoms with E-state index in [1.807, 2.05) is 6.92 Å². The van der Waals surface area contributed by atoms with Crippen LogP contribution in [0, 0.1) is 0 Å². The van der Waals surface area contributed by atoms with Gasteiger partial charge in [0.25, 0.3) is 0 Å². The van der Waals surface area contributed by atoms with Crippen LogP contribution < -0.4 is 0 Å². The zero-order valence-electron chi connectivity index (χ0n) is 28.2. The van der Waals surface area contributed by atoms with Gasteiger partial charge >= 0.3 is 271 Å². The first kappa shape index (κ1) is 42.1. The normalized spacial score (nSPS) is 13.0. The van der Waals surface area contributed by atoms with Crippen molar-refractivity contribution in [3.63, 3.8) is 0 Å². The Morgan fingerprint density at radius 2 is 0.833 bits per heavy atom. The van der Waals surface area contributed by atoms with Crippen LogP contribution >= 0.6 is 0 Å². The van der Waals surface area contributed by atoms with E-state index in [2.05, 4.69) is 20.8 Å². The molecule has 1 unspecified atom stereocenters. The molecule has 0 N–H and O–H groups in total. The topological polar surface area (TPSA) is 89.5 Å². The summed E-state index contributed by atoms with van der Waals surface area (Å²) in [7, 11) is 0. The third-order valence-electron chi connectivity index (χ3n) is 7.40. The molecular formula is C32H66O8Sn2. The monoisotopic (exact) mass is 818 g/mol. The van der Waals surface area contributed by atoms with Crippen LogP contribution in [0.25, 0.3) is 0 Å². The van der Waals surface area contributed by atoms with Gasteiger partial charge in [0.05, 0.1) is 0 Å². The van der Waals surface area contributed by atoms with Crippen LogP contribution in [0.15, 0.2) is 0 Å². The molecule has 0 amide bonds. The number of hydrogen-bond acceptors (Lipinski definition) is 8. The van der Waals surface area contributed by atoms with Crippen molar-refractivity contribution >= 4 is 51.1 Å². The van der Waals surface area contributed by atoms with E-state index < -0.39 is 51.1 Å². The maximum atomic E-state index is 12.9. The van der Waals surface area contributed by atoms with E-state index in [4.69, 9.17) is 20.1 Å². The molecule has 0 aromatic heterocycles. The van der Waals surface area contributed by atoms with Crippen LogP contribution in [-0.4, -0.2) is 71.0 Å². The maximum absolute atomic E-state index is 12.9. The summed E-state index contributed by atoms with van der Waals surface area (Å²) in [4.78, 5) is 25.7. The van der Waals surface area contributed by atoms with Crippen LogP contribution in [0.4, 0.5) is 9.59 Å². The Hall–Kier alpha value is 0.0574. The van der Waals surface area contributed by atoms with Crippen molar-refractivity contribution in [2.24, 2.45) is 0 Å². The molecule has 1 atom stereocenters. The van der Waals surface area contributed by atoms with Crippen molar-refractivity contribution in [1.29, 1.82) is 0 Å². The van der Waals surface area contributed by atoms with Crippen molar-refractivity contribution in [2.45, 2.75) is 170 Å². The second-order valence-electron chi connectivity index (χ2n) is 11.3. The van der Waals surface area contributed by atoms with Gasteiger partial charge in [0.2, 0.25) is 0 Å². The van der Waals surface area contributed by atoms with E-state index in [1.165, 1.54) is 57.8 Å².